The van der Waals surface area contributed by atoms with Crippen LogP contribution in [0.4, 0.5) is 14.5 Å². The number of alkyl halides is 3. The Morgan fingerprint density at radius 2 is 1.94 bits per heavy atom. The smallest absolute Gasteiger partial charge is 0.418 e. The summed E-state index contributed by atoms with van der Waals surface area (Å²) in [4.78, 5) is 9.78. The molecular weight excluding hydrogens is 302 g/mol. The normalized spacial score (nSPS) is 11.4. The van der Waals surface area contributed by atoms with Gasteiger partial charge in [-0.1, -0.05) is 23.2 Å². The first-order valence-corrected chi connectivity index (χ1v) is 5.15. The van der Waals surface area contributed by atoms with Crippen LogP contribution in [-0.4, -0.2) is 10.5 Å². The molecule has 0 N–H and O–H groups in total. The molecule has 0 aliphatic carbocycles. The van der Waals surface area contributed by atoms with E-state index < -0.39 is 27.0 Å². The molecule has 4 nitrogen and oxygen atoms in total. The topological polar surface area (TPSA) is 52.4 Å². The Bertz CT molecular complexity index is 476. The minimum atomic E-state index is -4.02. The van der Waals surface area contributed by atoms with Gasteiger partial charge in [0, 0.05) is 11.6 Å². The quantitative estimate of drug-likeness (QED) is 0.473. The fourth-order valence-electron chi connectivity index (χ4n) is 1.08. The summed E-state index contributed by atoms with van der Waals surface area (Å²) in [6.45, 7) is 1.38. The van der Waals surface area contributed by atoms with Gasteiger partial charge in [0.1, 0.15) is 5.02 Å². The van der Waals surface area contributed by atoms with Crippen molar-refractivity contribution in [2.75, 3.05) is 0 Å². The number of rotatable bonds is 3. The van der Waals surface area contributed by atoms with Gasteiger partial charge in [-0.05, 0) is 18.6 Å². The van der Waals surface area contributed by atoms with Crippen molar-refractivity contribution in [3.63, 3.8) is 0 Å². The molecule has 0 spiro atoms. The maximum Gasteiger partial charge on any atom is 0.487 e. The van der Waals surface area contributed by atoms with Crippen molar-refractivity contribution < 1.29 is 18.4 Å². The van der Waals surface area contributed by atoms with Gasteiger partial charge in [-0.15, -0.1) is 8.78 Å². The SMILES string of the molecule is Cc1cc(OC(F)(F)Cl)c(Cl)c([N+](=O)[O-])c1Cl. The van der Waals surface area contributed by atoms with Crippen LogP contribution >= 0.6 is 34.8 Å². The van der Waals surface area contributed by atoms with Gasteiger partial charge in [-0.3, -0.25) is 10.1 Å². The van der Waals surface area contributed by atoms with Gasteiger partial charge >= 0.3 is 11.3 Å². The van der Waals surface area contributed by atoms with Gasteiger partial charge in [0.15, 0.2) is 10.8 Å². The van der Waals surface area contributed by atoms with E-state index in [0.29, 0.717) is 0 Å². The number of hydrogen-bond donors (Lipinski definition) is 0. The molecule has 0 fully saturated rings. The molecule has 0 heterocycles. The molecule has 0 radical (unpaired) electrons. The fraction of sp³-hybridized carbons (Fsp3) is 0.250. The van der Waals surface area contributed by atoms with E-state index in [1.165, 1.54) is 6.92 Å². The summed E-state index contributed by atoms with van der Waals surface area (Å²) in [5, 5.41) is 9.79. The summed E-state index contributed by atoms with van der Waals surface area (Å²) in [7, 11) is 0. The maximum atomic E-state index is 12.4. The van der Waals surface area contributed by atoms with Gasteiger partial charge in [0.25, 0.3) is 0 Å². The fourth-order valence-corrected chi connectivity index (χ4v) is 1.69. The van der Waals surface area contributed by atoms with Crippen molar-refractivity contribution in [1.82, 2.24) is 0 Å². The Labute approximate surface area is 109 Å². The summed E-state index contributed by atoms with van der Waals surface area (Å²) >= 11 is 15.7. The van der Waals surface area contributed by atoms with E-state index in [9.17, 15) is 18.9 Å². The van der Waals surface area contributed by atoms with Gasteiger partial charge in [-0.2, -0.15) is 0 Å². The van der Waals surface area contributed by atoms with Crippen LogP contribution < -0.4 is 4.74 Å². The molecule has 0 aliphatic rings. The molecular formula is C8H4Cl3F2NO3. The number of benzene rings is 1. The van der Waals surface area contributed by atoms with Crippen LogP contribution in [0.25, 0.3) is 0 Å². The average molecular weight is 306 g/mol. The highest BCUT2D eigenvalue weighted by molar-refractivity contribution is 6.39. The standard InChI is InChI=1S/C8H4Cl3F2NO3/c1-3-2-4(17-8(11,12)13)6(10)7(5(3)9)14(15)16/h2H,1H3. The van der Waals surface area contributed by atoms with E-state index in [0.717, 1.165) is 6.07 Å². The van der Waals surface area contributed by atoms with E-state index in [2.05, 4.69) is 16.3 Å². The van der Waals surface area contributed by atoms with Crippen LogP contribution in [0.5, 0.6) is 5.75 Å². The Hall–Kier alpha value is -0.850. The predicted molar refractivity (Wildman–Crippen MR) is 59.3 cm³/mol. The van der Waals surface area contributed by atoms with Crippen LogP contribution in [0.2, 0.25) is 10.0 Å². The van der Waals surface area contributed by atoms with E-state index in [1.807, 2.05) is 0 Å². The molecule has 94 valence electrons. The molecule has 0 aliphatic heterocycles. The van der Waals surface area contributed by atoms with E-state index >= 15 is 0 Å². The summed E-state index contributed by atoms with van der Waals surface area (Å²) in [6, 6.07) is 1.04. The third-order valence-corrected chi connectivity index (χ3v) is 2.65. The molecule has 9 heteroatoms. The van der Waals surface area contributed by atoms with Crippen molar-refractivity contribution in [3.8, 4) is 5.75 Å². The summed E-state index contributed by atoms with van der Waals surface area (Å²) in [6.07, 6.45) is 0. The zero-order valence-corrected chi connectivity index (χ0v) is 10.4. The molecule has 0 unspecified atom stereocenters. The molecule has 0 amide bonds. The third-order valence-electron chi connectivity index (χ3n) is 1.73. The number of nitro benzene ring substituents is 1. The second-order valence-electron chi connectivity index (χ2n) is 2.97. The summed E-state index contributed by atoms with van der Waals surface area (Å²) in [5.74, 6) is -0.611. The molecule has 0 atom stereocenters. The first-order chi connectivity index (χ1) is 7.63. The monoisotopic (exact) mass is 305 g/mol. The van der Waals surface area contributed by atoms with E-state index in [4.69, 9.17) is 23.2 Å². The number of halogens is 5. The number of aryl methyl sites for hydroxylation is 1. The Morgan fingerprint density at radius 1 is 1.41 bits per heavy atom. The molecule has 0 saturated carbocycles. The molecule has 0 aromatic heterocycles. The van der Waals surface area contributed by atoms with Crippen LogP contribution in [0, 0.1) is 17.0 Å². The van der Waals surface area contributed by atoms with Crippen molar-refractivity contribution in [2.24, 2.45) is 0 Å². The number of hydrogen-bond acceptors (Lipinski definition) is 3. The number of nitro groups is 1. The van der Waals surface area contributed by atoms with E-state index in [1.54, 1.807) is 0 Å². The minimum absolute atomic E-state index is 0.165. The molecule has 17 heavy (non-hydrogen) atoms. The summed E-state index contributed by atoms with van der Waals surface area (Å²) in [5.41, 5.74) is -4.56. The molecule has 1 aromatic carbocycles. The van der Waals surface area contributed by atoms with Crippen molar-refractivity contribution in [3.05, 3.63) is 31.8 Å². The number of ether oxygens (including phenoxy) is 1. The highest BCUT2D eigenvalue weighted by Crippen LogP contribution is 2.43. The third kappa shape index (κ3) is 3.31. The van der Waals surface area contributed by atoms with Crippen LogP contribution in [0.15, 0.2) is 6.07 Å². The van der Waals surface area contributed by atoms with Gasteiger partial charge in [0.2, 0.25) is 0 Å². The largest absolute Gasteiger partial charge is 0.487 e. The van der Waals surface area contributed by atoms with Gasteiger partial charge < -0.3 is 4.74 Å². The lowest BCUT2D eigenvalue weighted by Gasteiger charge is -2.13. The highest BCUT2D eigenvalue weighted by Gasteiger charge is 2.32. The maximum absolute atomic E-state index is 12.4. The van der Waals surface area contributed by atoms with Gasteiger partial charge in [-0.25, -0.2) is 0 Å². The second-order valence-corrected chi connectivity index (χ2v) is 4.17. The minimum Gasteiger partial charge on any atom is -0.418 e. The van der Waals surface area contributed by atoms with Gasteiger partial charge in [0.05, 0.1) is 4.92 Å². The zero-order valence-electron chi connectivity index (χ0n) is 8.14. The Kier molecular flexibility index (Phi) is 4.01. The second kappa shape index (κ2) is 4.80. The van der Waals surface area contributed by atoms with Crippen LogP contribution in [-0.2, 0) is 0 Å². The van der Waals surface area contributed by atoms with Crippen molar-refractivity contribution in [1.29, 1.82) is 0 Å². The van der Waals surface area contributed by atoms with Crippen molar-refractivity contribution in [2.45, 2.75) is 12.5 Å². The molecule has 1 rings (SSSR count). The zero-order chi connectivity index (χ0) is 13.4. The average Bonchev–Trinajstić information content (AvgIpc) is 2.11. The Morgan fingerprint density at radius 3 is 2.35 bits per heavy atom. The molecule has 0 saturated heterocycles. The number of nitrogens with zero attached hydrogens (tertiary/aromatic N) is 1. The van der Waals surface area contributed by atoms with Crippen LogP contribution in [0.1, 0.15) is 5.56 Å². The predicted octanol–water partition coefficient (Wildman–Crippen LogP) is 4.38. The lowest BCUT2D eigenvalue weighted by molar-refractivity contribution is -0.384. The van der Waals surface area contributed by atoms with Crippen LogP contribution in [0.3, 0.4) is 0 Å². The first-order valence-electron chi connectivity index (χ1n) is 4.02. The molecule has 1 aromatic rings. The van der Waals surface area contributed by atoms with E-state index in [-0.39, 0.29) is 10.6 Å². The lowest BCUT2D eigenvalue weighted by atomic mass is 10.2. The summed E-state index contributed by atoms with van der Waals surface area (Å²) < 4.78 is 28.9. The highest BCUT2D eigenvalue weighted by atomic mass is 35.5. The lowest BCUT2D eigenvalue weighted by Crippen LogP contribution is -2.16. The van der Waals surface area contributed by atoms with Crippen molar-refractivity contribution >= 4 is 40.5 Å². The molecule has 0 bridgehead atoms. The first kappa shape index (κ1) is 14.2. The Balaban J connectivity index is 3.40.